The van der Waals surface area contributed by atoms with Gasteiger partial charge in [-0.2, -0.15) is 5.10 Å². The first-order chi connectivity index (χ1) is 9.20. The summed E-state index contributed by atoms with van der Waals surface area (Å²) in [6.07, 6.45) is 2.10. The number of ether oxygens (including phenoxy) is 1. The molecule has 0 aliphatic rings. The highest BCUT2D eigenvalue weighted by atomic mass is 16.5. The minimum Gasteiger partial charge on any atom is -0.494 e. The summed E-state index contributed by atoms with van der Waals surface area (Å²) in [4.78, 5) is 10.8. The van der Waals surface area contributed by atoms with Crippen molar-refractivity contribution in [2.24, 2.45) is 0 Å². The van der Waals surface area contributed by atoms with Gasteiger partial charge >= 0.3 is 5.97 Å². The molecule has 0 radical (unpaired) electrons. The van der Waals surface area contributed by atoms with E-state index in [0.717, 1.165) is 24.2 Å². The Labute approximate surface area is 111 Å². The molecule has 0 atom stereocenters. The van der Waals surface area contributed by atoms with Crippen molar-refractivity contribution >= 4 is 5.97 Å². The first kappa shape index (κ1) is 13.1. The molecule has 0 unspecified atom stereocenters. The van der Waals surface area contributed by atoms with Gasteiger partial charge in [0.25, 0.3) is 0 Å². The summed E-state index contributed by atoms with van der Waals surface area (Å²) < 4.78 is 5.61. The summed E-state index contributed by atoms with van der Waals surface area (Å²) >= 11 is 0. The van der Waals surface area contributed by atoms with Crippen LogP contribution >= 0.6 is 0 Å². The fraction of sp³-hybridized carbons (Fsp3) is 0.286. The molecule has 5 heteroatoms. The van der Waals surface area contributed by atoms with E-state index in [1.54, 1.807) is 0 Å². The van der Waals surface area contributed by atoms with Crippen LogP contribution < -0.4 is 4.74 Å². The van der Waals surface area contributed by atoms with E-state index in [1.807, 2.05) is 24.3 Å². The summed E-state index contributed by atoms with van der Waals surface area (Å²) in [5, 5.41) is 15.3. The Bertz CT molecular complexity index is 563. The predicted octanol–water partition coefficient (Wildman–Crippen LogP) is 2.95. The molecule has 2 rings (SSSR count). The molecule has 5 nitrogen and oxygen atoms in total. The van der Waals surface area contributed by atoms with E-state index in [-0.39, 0.29) is 5.69 Å². The fourth-order valence-electron chi connectivity index (χ4n) is 1.67. The third-order valence-electron chi connectivity index (χ3n) is 2.71. The molecule has 0 aliphatic heterocycles. The van der Waals surface area contributed by atoms with E-state index in [2.05, 4.69) is 17.1 Å². The van der Waals surface area contributed by atoms with Crippen molar-refractivity contribution in [3.63, 3.8) is 0 Å². The third-order valence-corrected chi connectivity index (χ3v) is 2.71. The van der Waals surface area contributed by atoms with Crippen LogP contribution in [-0.2, 0) is 0 Å². The molecule has 0 amide bonds. The average molecular weight is 260 g/mol. The van der Waals surface area contributed by atoms with Crippen LogP contribution in [0.2, 0.25) is 0 Å². The Kier molecular flexibility index (Phi) is 4.18. The van der Waals surface area contributed by atoms with Crippen molar-refractivity contribution < 1.29 is 14.6 Å². The lowest BCUT2D eigenvalue weighted by Gasteiger charge is -2.06. The zero-order chi connectivity index (χ0) is 13.7. The van der Waals surface area contributed by atoms with Gasteiger partial charge in [0.05, 0.1) is 12.3 Å². The Morgan fingerprint density at radius 1 is 1.42 bits per heavy atom. The van der Waals surface area contributed by atoms with E-state index in [1.165, 1.54) is 6.07 Å². The number of carboxylic acid groups (broad SMARTS) is 1. The van der Waals surface area contributed by atoms with E-state index in [4.69, 9.17) is 9.84 Å². The number of hydrogen-bond acceptors (Lipinski definition) is 3. The van der Waals surface area contributed by atoms with E-state index >= 15 is 0 Å². The number of nitrogens with one attached hydrogen (secondary N) is 1. The van der Waals surface area contributed by atoms with Gasteiger partial charge < -0.3 is 9.84 Å². The van der Waals surface area contributed by atoms with E-state index < -0.39 is 5.97 Å². The Morgan fingerprint density at radius 2 is 2.26 bits per heavy atom. The third kappa shape index (κ3) is 3.34. The molecular weight excluding hydrogens is 244 g/mol. The SMILES string of the molecule is CCCCOc1cccc(-c2cc(C(=O)O)n[nH]2)c1. The number of nitrogens with zero attached hydrogens (tertiary/aromatic N) is 1. The standard InChI is InChI=1S/C14H16N2O3/c1-2-3-7-19-11-6-4-5-10(8-11)12-9-13(14(17)18)16-15-12/h4-6,8-9H,2-3,7H2,1H3,(H,15,16)(H,17,18). The largest absolute Gasteiger partial charge is 0.494 e. The van der Waals surface area contributed by atoms with Crippen molar-refractivity contribution in [2.45, 2.75) is 19.8 Å². The van der Waals surface area contributed by atoms with Crippen LogP contribution in [-0.4, -0.2) is 27.9 Å². The first-order valence-corrected chi connectivity index (χ1v) is 6.22. The van der Waals surface area contributed by atoms with Crippen molar-refractivity contribution in [1.29, 1.82) is 0 Å². The average Bonchev–Trinajstić information content (AvgIpc) is 2.89. The number of H-pyrrole nitrogens is 1. The van der Waals surface area contributed by atoms with Crippen LogP contribution in [0.1, 0.15) is 30.3 Å². The second kappa shape index (κ2) is 6.04. The Balaban J connectivity index is 2.15. The molecule has 0 aliphatic carbocycles. The highest BCUT2D eigenvalue weighted by Crippen LogP contribution is 2.23. The highest BCUT2D eigenvalue weighted by molar-refractivity contribution is 5.86. The Hall–Kier alpha value is -2.30. The summed E-state index contributed by atoms with van der Waals surface area (Å²) in [5.74, 6) is -0.268. The number of unbranched alkanes of at least 4 members (excludes halogenated alkanes) is 1. The van der Waals surface area contributed by atoms with Gasteiger partial charge in [-0.05, 0) is 24.6 Å². The maximum atomic E-state index is 10.8. The highest BCUT2D eigenvalue weighted by Gasteiger charge is 2.09. The number of aromatic amines is 1. The summed E-state index contributed by atoms with van der Waals surface area (Å²) in [6.45, 7) is 2.79. The zero-order valence-electron chi connectivity index (χ0n) is 10.7. The van der Waals surface area contributed by atoms with Crippen molar-refractivity contribution in [3.8, 4) is 17.0 Å². The molecule has 1 aromatic carbocycles. The maximum absolute atomic E-state index is 10.8. The molecule has 0 spiro atoms. The van der Waals surface area contributed by atoms with Crippen LogP contribution in [0.3, 0.4) is 0 Å². The quantitative estimate of drug-likeness (QED) is 0.783. The van der Waals surface area contributed by atoms with Crippen LogP contribution in [0.15, 0.2) is 30.3 Å². The van der Waals surface area contributed by atoms with Gasteiger partial charge in [0, 0.05) is 5.56 Å². The van der Waals surface area contributed by atoms with Crippen molar-refractivity contribution in [1.82, 2.24) is 10.2 Å². The molecule has 100 valence electrons. The van der Waals surface area contributed by atoms with Gasteiger partial charge in [-0.15, -0.1) is 0 Å². The van der Waals surface area contributed by atoms with Gasteiger partial charge in [-0.25, -0.2) is 4.79 Å². The molecule has 0 saturated carbocycles. The molecule has 0 bridgehead atoms. The zero-order valence-corrected chi connectivity index (χ0v) is 10.7. The van der Waals surface area contributed by atoms with Gasteiger partial charge in [0.15, 0.2) is 5.69 Å². The predicted molar refractivity (Wildman–Crippen MR) is 71.4 cm³/mol. The molecule has 1 aromatic heterocycles. The normalized spacial score (nSPS) is 10.4. The van der Waals surface area contributed by atoms with E-state index in [0.29, 0.717) is 12.3 Å². The van der Waals surface area contributed by atoms with Gasteiger partial charge in [0.1, 0.15) is 5.75 Å². The number of aromatic carboxylic acids is 1. The first-order valence-electron chi connectivity index (χ1n) is 6.22. The van der Waals surface area contributed by atoms with Crippen molar-refractivity contribution in [3.05, 3.63) is 36.0 Å². The summed E-state index contributed by atoms with van der Waals surface area (Å²) in [5.41, 5.74) is 1.53. The number of hydrogen-bond donors (Lipinski definition) is 2. The van der Waals surface area contributed by atoms with Crippen LogP contribution in [0, 0.1) is 0 Å². The van der Waals surface area contributed by atoms with Crippen LogP contribution in [0.5, 0.6) is 5.75 Å². The van der Waals surface area contributed by atoms with Gasteiger partial charge in [-0.3, -0.25) is 5.10 Å². The maximum Gasteiger partial charge on any atom is 0.356 e. The Morgan fingerprint density at radius 3 is 2.95 bits per heavy atom. The molecule has 1 heterocycles. The van der Waals surface area contributed by atoms with E-state index in [9.17, 15) is 4.79 Å². The number of rotatable bonds is 6. The molecule has 0 fully saturated rings. The summed E-state index contributed by atoms with van der Waals surface area (Å²) in [7, 11) is 0. The second-order valence-corrected chi connectivity index (χ2v) is 4.20. The topological polar surface area (TPSA) is 75.2 Å². The lowest BCUT2D eigenvalue weighted by Crippen LogP contribution is -1.96. The smallest absolute Gasteiger partial charge is 0.356 e. The second-order valence-electron chi connectivity index (χ2n) is 4.20. The molecule has 2 aromatic rings. The minimum atomic E-state index is -1.04. The minimum absolute atomic E-state index is 0.00676. The molecule has 19 heavy (non-hydrogen) atoms. The molecular formula is C14H16N2O3. The monoisotopic (exact) mass is 260 g/mol. The van der Waals surface area contributed by atoms with Crippen LogP contribution in [0.25, 0.3) is 11.3 Å². The van der Waals surface area contributed by atoms with Crippen molar-refractivity contribution in [2.75, 3.05) is 6.61 Å². The van der Waals surface area contributed by atoms with Gasteiger partial charge in [0.2, 0.25) is 0 Å². The number of carbonyl (C=O) groups is 1. The summed E-state index contributed by atoms with van der Waals surface area (Å²) in [6, 6.07) is 9.01. The lowest BCUT2D eigenvalue weighted by molar-refractivity contribution is 0.0690. The molecule has 0 saturated heterocycles. The number of carboxylic acids is 1. The fourth-order valence-corrected chi connectivity index (χ4v) is 1.67. The number of benzene rings is 1. The number of aromatic nitrogens is 2. The lowest BCUT2D eigenvalue weighted by atomic mass is 10.1. The van der Waals surface area contributed by atoms with Gasteiger partial charge in [-0.1, -0.05) is 25.5 Å². The van der Waals surface area contributed by atoms with Crippen LogP contribution in [0.4, 0.5) is 0 Å². The molecule has 2 N–H and O–H groups in total.